The molecule has 0 aliphatic heterocycles. The van der Waals surface area contributed by atoms with Crippen molar-refractivity contribution in [3.63, 3.8) is 0 Å². The summed E-state index contributed by atoms with van der Waals surface area (Å²) in [6.07, 6.45) is 0. The fourth-order valence-corrected chi connectivity index (χ4v) is 2.70. The highest BCUT2D eigenvalue weighted by Gasteiger charge is 2.13. The third-order valence-electron chi connectivity index (χ3n) is 2.97. The number of nitrogens with zero attached hydrogens (tertiary/aromatic N) is 2. The number of benzene rings is 2. The summed E-state index contributed by atoms with van der Waals surface area (Å²) in [5, 5.41) is 0.571. The SMILES string of the molecule is Fc1ccc2nc(CCl)n(-c3ccc(Br)c(Cl)c3)c2c1. The average Bonchev–Trinajstić information content (AvgIpc) is 2.79. The molecule has 0 saturated heterocycles. The minimum Gasteiger partial charge on any atom is -0.295 e. The van der Waals surface area contributed by atoms with Gasteiger partial charge in [-0.25, -0.2) is 9.37 Å². The lowest BCUT2D eigenvalue weighted by atomic mass is 10.2. The molecule has 0 aliphatic rings. The van der Waals surface area contributed by atoms with Crippen LogP contribution < -0.4 is 0 Å². The zero-order valence-corrected chi connectivity index (χ0v) is 13.2. The number of imidazole rings is 1. The number of aromatic nitrogens is 2. The van der Waals surface area contributed by atoms with Gasteiger partial charge in [0.2, 0.25) is 0 Å². The summed E-state index contributed by atoms with van der Waals surface area (Å²) in [5.41, 5.74) is 2.15. The van der Waals surface area contributed by atoms with Gasteiger partial charge in [-0.3, -0.25) is 4.57 Å². The van der Waals surface area contributed by atoms with Gasteiger partial charge >= 0.3 is 0 Å². The van der Waals surface area contributed by atoms with Crippen LogP contribution in [0.15, 0.2) is 40.9 Å². The molecular weight excluding hydrogens is 366 g/mol. The Morgan fingerprint density at radius 1 is 1.20 bits per heavy atom. The molecule has 0 bridgehead atoms. The highest BCUT2D eigenvalue weighted by molar-refractivity contribution is 9.10. The summed E-state index contributed by atoms with van der Waals surface area (Å²) < 4.78 is 16.1. The second-order valence-corrected chi connectivity index (χ2v) is 5.76. The van der Waals surface area contributed by atoms with Gasteiger partial charge in [-0.1, -0.05) is 11.6 Å². The Labute approximate surface area is 133 Å². The van der Waals surface area contributed by atoms with Crippen LogP contribution >= 0.6 is 39.1 Å². The molecule has 0 radical (unpaired) electrons. The summed E-state index contributed by atoms with van der Waals surface area (Å²) in [4.78, 5) is 4.41. The first-order valence-corrected chi connectivity index (χ1v) is 7.49. The lowest BCUT2D eigenvalue weighted by molar-refractivity contribution is 0.629. The molecule has 20 heavy (non-hydrogen) atoms. The number of fused-ring (bicyclic) bond motifs is 1. The zero-order valence-electron chi connectivity index (χ0n) is 10.1. The smallest absolute Gasteiger partial charge is 0.129 e. The maximum absolute atomic E-state index is 13.5. The Balaban J connectivity index is 2.32. The van der Waals surface area contributed by atoms with E-state index in [0.29, 0.717) is 21.9 Å². The Morgan fingerprint density at radius 3 is 2.70 bits per heavy atom. The van der Waals surface area contributed by atoms with Crippen LogP contribution in [-0.4, -0.2) is 9.55 Å². The molecule has 0 atom stereocenters. The monoisotopic (exact) mass is 372 g/mol. The number of hydrogen-bond donors (Lipinski definition) is 0. The minimum absolute atomic E-state index is 0.226. The summed E-state index contributed by atoms with van der Waals surface area (Å²) in [6.45, 7) is 0. The summed E-state index contributed by atoms with van der Waals surface area (Å²) in [7, 11) is 0. The fraction of sp³-hybridized carbons (Fsp3) is 0.0714. The van der Waals surface area contributed by atoms with Gasteiger partial charge in [0.25, 0.3) is 0 Å². The number of alkyl halides is 1. The molecule has 0 spiro atoms. The normalized spacial score (nSPS) is 11.2. The van der Waals surface area contributed by atoms with Crippen LogP contribution in [0.2, 0.25) is 5.02 Å². The molecule has 0 fully saturated rings. The van der Waals surface area contributed by atoms with E-state index in [1.807, 2.05) is 16.7 Å². The highest BCUT2D eigenvalue weighted by Crippen LogP contribution is 2.29. The molecule has 3 rings (SSSR count). The van der Waals surface area contributed by atoms with Crippen molar-refractivity contribution < 1.29 is 4.39 Å². The van der Waals surface area contributed by atoms with Gasteiger partial charge in [0.1, 0.15) is 11.6 Å². The molecule has 0 unspecified atom stereocenters. The van der Waals surface area contributed by atoms with Crippen LogP contribution in [0.1, 0.15) is 5.82 Å². The average molecular weight is 374 g/mol. The van der Waals surface area contributed by atoms with Gasteiger partial charge in [-0.15, -0.1) is 11.6 Å². The lowest BCUT2D eigenvalue weighted by Crippen LogP contribution is -1.99. The molecule has 2 aromatic carbocycles. The van der Waals surface area contributed by atoms with E-state index in [2.05, 4.69) is 20.9 Å². The summed E-state index contributed by atoms with van der Waals surface area (Å²) >= 11 is 15.4. The fourth-order valence-electron chi connectivity index (χ4n) is 2.10. The van der Waals surface area contributed by atoms with Crippen LogP contribution in [0.4, 0.5) is 4.39 Å². The van der Waals surface area contributed by atoms with E-state index in [1.54, 1.807) is 12.1 Å². The number of hydrogen-bond acceptors (Lipinski definition) is 1. The van der Waals surface area contributed by atoms with Crippen molar-refractivity contribution >= 4 is 50.2 Å². The Bertz CT molecular complexity index is 801. The maximum Gasteiger partial charge on any atom is 0.129 e. The van der Waals surface area contributed by atoms with Crippen LogP contribution in [0.3, 0.4) is 0 Å². The molecule has 3 aromatic rings. The molecule has 6 heteroatoms. The van der Waals surface area contributed by atoms with E-state index < -0.39 is 0 Å². The van der Waals surface area contributed by atoms with Crippen molar-refractivity contribution in [2.45, 2.75) is 5.88 Å². The predicted molar refractivity (Wildman–Crippen MR) is 83.3 cm³/mol. The topological polar surface area (TPSA) is 17.8 Å². The van der Waals surface area contributed by atoms with Gasteiger partial charge in [-0.05, 0) is 46.3 Å². The van der Waals surface area contributed by atoms with Crippen molar-refractivity contribution in [3.8, 4) is 5.69 Å². The first kappa shape index (κ1) is 13.9. The molecule has 0 N–H and O–H groups in total. The summed E-state index contributed by atoms with van der Waals surface area (Å²) in [6, 6.07) is 9.95. The Hall–Kier alpha value is -1.10. The highest BCUT2D eigenvalue weighted by atomic mass is 79.9. The molecular formula is C14H8BrCl2FN2. The largest absolute Gasteiger partial charge is 0.295 e. The van der Waals surface area contributed by atoms with Gasteiger partial charge in [0.15, 0.2) is 0 Å². The molecule has 2 nitrogen and oxygen atoms in total. The number of rotatable bonds is 2. The second kappa shape index (κ2) is 5.35. The molecule has 0 saturated carbocycles. The third-order valence-corrected chi connectivity index (χ3v) is 4.44. The Morgan fingerprint density at radius 2 is 2.00 bits per heavy atom. The standard InChI is InChI=1S/C14H8BrCl2FN2/c15-10-3-2-9(6-11(10)17)20-13-5-8(18)1-4-12(13)19-14(20)7-16/h1-6H,7H2. The maximum atomic E-state index is 13.5. The van der Waals surface area contributed by atoms with E-state index in [1.165, 1.54) is 12.1 Å². The van der Waals surface area contributed by atoms with Crippen molar-refractivity contribution in [1.29, 1.82) is 0 Å². The van der Waals surface area contributed by atoms with E-state index >= 15 is 0 Å². The number of halogens is 4. The quantitative estimate of drug-likeness (QED) is 0.556. The van der Waals surface area contributed by atoms with Gasteiger partial charge in [0, 0.05) is 16.2 Å². The van der Waals surface area contributed by atoms with Crippen molar-refractivity contribution in [2.24, 2.45) is 0 Å². The summed E-state index contributed by atoms with van der Waals surface area (Å²) in [5.74, 6) is 0.554. The van der Waals surface area contributed by atoms with Gasteiger partial charge < -0.3 is 0 Å². The van der Waals surface area contributed by atoms with E-state index in [0.717, 1.165) is 10.2 Å². The van der Waals surface area contributed by atoms with E-state index in [9.17, 15) is 4.39 Å². The Kier molecular flexibility index (Phi) is 3.71. The van der Waals surface area contributed by atoms with E-state index in [-0.39, 0.29) is 11.7 Å². The van der Waals surface area contributed by atoms with Crippen molar-refractivity contribution in [2.75, 3.05) is 0 Å². The van der Waals surface area contributed by atoms with Gasteiger partial charge in [-0.2, -0.15) is 0 Å². The van der Waals surface area contributed by atoms with Gasteiger partial charge in [0.05, 0.1) is 21.9 Å². The molecule has 102 valence electrons. The molecule has 0 amide bonds. The predicted octanol–water partition coefficient (Wildman–Crippen LogP) is 5.32. The van der Waals surface area contributed by atoms with E-state index in [4.69, 9.17) is 23.2 Å². The van der Waals surface area contributed by atoms with Crippen LogP contribution in [0.5, 0.6) is 0 Å². The first-order chi connectivity index (χ1) is 9.60. The lowest BCUT2D eigenvalue weighted by Gasteiger charge is -2.09. The molecule has 1 heterocycles. The van der Waals surface area contributed by atoms with Crippen LogP contribution in [0, 0.1) is 5.82 Å². The first-order valence-electron chi connectivity index (χ1n) is 5.78. The van der Waals surface area contributed by atoms with Crippen LogP contribution in [0.25, 0.3) is 16.7 Å². The minimum atomic E-state index is -0.317. The van der Waals surface area contributed by atoms with Crippen molar-refractivity contribution in [1.82, 2.24) is 9.55 Å². The second-order valence-electron chi connectivity index (χ2n) is 4.23. The van der Waals surface area contributed by atoms with Crippen LogP contribution in [-0.2, 0) is 5.88 Å². The molecule has 0 aliphatic carbocycles. The van der Waals surface area contributed by atoms with Crippen molar-refractivity contribution in [3.05, 3.63) is 57.5 Å². The molecule has 1 aromatic heterocycles. The zero-order chi connectivity index (χ0) is 14.3. The third kappa shape index (κ3) is 2.32.